The maximum atomic E-state index is 11.0. The van der Waals surface area contributed by atoms with Crippen molar-refractivity contribution in [2.24, 2.45) is 11.3 Å². The summed E-state index contributed by atoms with van der Waals surface area (Å²) in [4.78, 5) is 2.45. The molecule has 0 aromatic carbocycles. The van der Waals surface area contributed by atoms with Gasteiger partial charge in [0.2, 0.25) is 0 Å². The zero-order valence-electron chi connectivity index (χ0n) is 19.1. The van der Waals surface area contributed by atoms with E-state index in [4.69, 9.17) is 9.47 Å². The quantitative estimate of drug-likeness (QED) is 0.410. The van der Waals surface area contributed by atoms with Crippen LogP contribution in [0.5, 0.6) is 0 Å². The fourth-order valence-electron chi connectivity index (χ4n) is 4.73. The molecule has 0 spiro atoms. The Balaban J connectivity index is 1.83. The third-order valence-electron chi connectivity index (χ3n) is 6.58. The van der Waals surface area contributed by atoms with E-state index >= 15 is 0 Å². The van der Waals surface area contributed by atoms with Crippen LogP contribution in [-0.4, -0.2) is 54.2 Å². The minimum Gasteiger partial charge on any atom is -0.377 e. The van der Waals surface area contributed by atoms with E-state index < -0.39 is 5.79 Å². The van der Waals surface area contributed by atoms with Gasteiger partial charge in [-0.3, -0.25) is 4.90 Å². The molecule has 0 radical (unpaired) electrons. The molecule has 2 unspecified atom stereocenters. The van der Waals surface area contributed by atoms with Gasteiger partial charge in [0.25, 0.3) is 0 Å². The van der Waals surface area contributed by atoms with Gasteiger partial charge >= 0.3 is 0 Å². The molecular weight excluding hydrogens is 350 g/mol. The molecule has 4 nitrogen and oxygen atoms in total. The lowest BCUT2D eigenvalue weighted by molar-refractivity contribution is -0.253. The van der Waals surface area contributed by atoms with E-state index in [1.54, 1.807) is 0 Å². The molecule has 1 saturated carbocycles. The number of hydrogen-bond acceptors (Lipinski definition) is 4. The topological polar surface area (TPSA) is 41.9 Å². The Hall–Kier alpha value is -0.420. The monoisotopic (exact) mass is 395 g/mol. The van der Waals surface area contributed by atoms with Crippen LogP contribution in [0.1, 0.15) is 86.0 Å². The van der Waals surface area contributed by atoms with Gasteiger partial charge in [-0.15, -0.1) is 0 Å². The highest BCUT2D eigenvalue weighted by atomic mass is 16.6. The molecule has 4 heteroatoms. The van der Waals surface area contributed by atoms with Gasteiger partial charge in [-0.1, -0.05) is 39.8 Å². The van der Waals surface area contributed by atoms with Crippen molar-refractivity contribution in [3.63, 3.8) is 0 Å². The molecule has 0 aromatic rings. The van der Waals surface area contributed by atoms with E-state index in [-0.39, 0.29) is 6.10 Å². The summed E-state index contributed by atoms with van der Waals surface area (Å²) in [6, 6.07) is 0. The van der Waals surface area contributed by atoms with E-state index in [9.17, 15) is 5.11 Å². The van der Waals surface area contributed by atoms with Crippen molar-refractivity contribution in [1.29, 1.82) is 0 Å². The molecule has 0 bridgehead atoms. The maximum absolute atomic E-state index is 11.0. The third-order valence-corrected chi connectivity index (χ3v) is 6.58. The van der Waals surface area contributed by atoms with Gasteiger partial charge in [-0.05, 0) is 56.8 Å². The van der Waals surface area contributed by atoms with E-state index in [1.807, 2.05) is 0 Å². The minimum absolute atomic E-state index is 0.105. The van der Waals surface area contributed by atoms with Crippen molar-refractivity contribution >= 4 is 0 Å². The summed E-state index contributed by atoms with van der Waals surface area (Å²) in [5.74, 6) is -0.259. The van der Waals surface area contributed by atoms with Crippen molar-refractivity contribution in [2.75, 3.05) is 26.2 Å². The van der Waals surface area contributed by atoms with E-state index in [1.165, 1.54) is 12.0 Å². The SMILES string of the molecule is C=C(C)CN(CCC(CC)OC1(O)CCC(C(C)(C)C)CC1)CC1CCCO1. The van der Waals surface area contributed by atoms with Crippen LogP contribution in [-0.2, 0) is 9.47 Å². The lowest BCUT2D eigenvalue weighted by atomic mass is 9.71. The van der Waals surface area contributed by atoms with Gasteiger partial charge in [0, 0.05) is 39.1 Å². The molecule has 164 valence electrons. The molecule has 0 amide bonds. The molecule has 2 atom stereocenters. The summed E-state index contributed by atoms with van der Waals surface area (Å²) in [6.07, 6.45) is 8.31. The second kappa shape index (κ2) is 10.6. The van der Waals surface area contributed by atoms with Crippen LogP contribution in [0.4, 0.5) is 0 Å². The van der Waals surface area contributed by atoms with Gasteiger partial charge in [0.1, 0.15) is 0 Å². The van der Waals surface area contributed by atoms with Crippen LogP contribution < -0.4 is 0 Å². The highest BCUT2D eigenvalue weighted by Gasteiger charge is 2.39. The van der Waals surface area contributed by atoms with E-state index in [0.29, 0.717) is 17.4 Å². The fraction of sp³-hybridized carbons (Fsp3) is 0.917. The maximum Gasteiger partial charge on any atom is 0.165 e. The van der Waals surface area contributed by atoms with Crippen LogP contribution in [0.2, 0.25) is 0 Å². The number of aliphatic hydroxyl groups is 1. The molecule has 1 aliphatic carbocycles. The van der Waals surface area contributed by atoms with Crippen molar-refractivity contribution in [3.05, 3.63) is 12.2 Å². The van der Waals surface area contributed by atoms with Gasteiger partial charge in [0.05, 0.1) is 12.2 Å². The van der Waals surface area contributed by atoms with Crippen molar-refractivity contribution in [2.45, 2.75) is 104 Å². The summed E-state index contributed by atoms with van der Waals surface area (Å²) < 4.78 is 12.1. The smallest absolute Gasteiger partial charge is 0.165 e. The molecule has 0 aromatic heterocycles. The van der Waals surface area contributed by atoms with E-state index in [0.717, 1.165) is 71.2 Å². The predicted molar refractivity (Wildman–Crippen MR) is 116 cm³/mol. The lowest BCUT2D eigenvalue weighted by Gasteiger charge is -2.42. The number of rotatable bonds is 10. The van der Waals surface area contributed by atoms with Crippen LogP contribution >= 0.6 is 0 Å². The molecule has 1 heterocycles. The molecule has 1 aliphatic heterocycles. The first-order valence-corrected chi connectivity index (χ1v) is 11.5. The average Bonchev–Trinajstić information content (AvgIpc) is 3.10. The first kappa shape index (κ1) is 23.9. The summed E-state index contributed by atoms with van der Waals surface area (Å²) in [5.41, 5.74) is 1.50. The number of nitrogens with zero attached hydrogens (tertiary/aromatic N) is 1. The average molecular weight is 396 g/mol. The van der Waals surface area contributed by atoms with Gasteiger partial charge in [0.15, 0.2) is 5.79 Å². The molecule has 2 aliphatic rings. The van der Waals surface area contributed by atoms with E-state index in [2.05, 4.69) is 46.1 Å². The first-order valence-electron chi connectivity index (χ1n) is 11.5. The molecule has 1 N–H and O–H groups in total. The van der Waals surface area contributed by atoms with Crippen molar-refractivity contribution < 1.29 is 14.6 Å². The minimum atomic E-state index is -0.934. The Kier molecular flexibility index (Phi) is 9.00. The highest BCUT2D eigenvalue weighted by Crippen LogP contribution is 2.42. The first-order chi connectivity index (χ1) is 13.1. The Labute approximate surface area is 173 Å². The van der Waals surface area contributed by atoms with Crippen molar-refractivity contribution in [1.82, 2.24) is 4.90 Å². The Bertz CT molecular complexity index is 471. The Morgan fingerprint density at radius 3 is 2.46 bits per heavy atom. The van der Waals surface area contributed by atoms with Crippen LogP contribution in [0.3, 0.4) is 0 Å². The third kappa shape index (κ3) is 7.78. The summed E-state index contributed by atoms with van der Waals surface area (Å²) in [7, 11) is 0. The Morgan fingerprint density at radius 2 is 1.96 bits per heavy atom. The van der Waals surface area contributed by atoms with Crippen molar-refractivity contribution in [3.8, 4) is 0 Å². The molecule has 2 fully saturated rings. The molecule has 1 saturated heterocycles. The van der Waals surface area contributed by atoms with Gasteiger partial charge in [-0.25, -0.2) is 0 Å². The fourth-order valence-corrected chi connectivity index (χ4v) is 4.73. The Morgan fingerprint density at radius 1 is 1.29 bits per heavy atom. The summed E-state index contributed by atoms with van der Waals surface area (Å²) in [5, 5.41) is 11.0. The zero-order valence-corrected chi connectivity index (χ0v) is 19.1. The van der Waals surface area contributed by atoms with Crippen LogP contribution in [0.15, 0.2) is 12.2 Å². The highest BCUT2D eigenvalue weighted by molar-refractivity contribution is 4.93. The molecule has 28 heavy (non-hydrogen) atoms. The second-order valence-corrected chi connectivity index (χ2v) is 10.4. The van der Waals surface area contributed by atoms with Crippen LogP contribution in [0.25, 0.3) is 0 Å². The molecule has 2 rings (SSSR count). The number of hydrogen-bond donors (Lipinski definition) is 1. The normalized spacial score (nSPS) is 30.0. The second-order valence-electron chi connectivity index (χ2n) is 10.4. The van der Waals surface area contributed by atoms with Gasteiger partial charge in [-0.2, -0.15) is 0 Å². The zero-order chi connectivity index (χ0) is 20.8. The number of ether oxygens (including phenoxy) is 2. The van der Waals surface area contributed by atoms with Gasteiger partial charge < -0.3 is 14.6 Å². The predicted octanol–water partition coefficient (Wildman–Crippen LogP) is 5.15. The standard InChI is InChI=1S/C24H45NO3/c1-7-21(28-24(26)13-10-20(11-14-24)23(4,5)6)12-15-25(17-19(2)3)18-22-9-8-16-27-22/h20-22,26H,2,7-18H2,1,3-6H3. The molecular formula is C24H45NO3. The van der Waals surface area contributed by atoms with Crippen LogP contribution in [0, 0.1) is 11.3 Å². The summed E-state index contributed by atoms with van der Waals surface area (Å²) >= 11 is 0. The largest absolute Gasteiger partial charge is 0.377 e. The summed E-state index contributed by atoms with van der Waals surface area (Å²) in [6.45, 7) is 19.0. The lowest BCUT2D eigenvalue weighted by Crippen LogP contribution is -2.43.